The predicted molar refractivity (Wildman–Crippen MR) is 40.4 cm³/mol. The number of furan rings is 1. The summed E-state index contributed by atoms with van der Waals surface area (Å²) in [4.78, 5) is 11.0. The lowest BCUT2D eigenvalue weighted by molar-refractivity contribution is 0.613. The van der Waals surface area contributed by atoms with E-state index in [0.717, 1.165) is 4.70 Å². The molecule has 0 unspecified atom stereocenters. The Balaban J connectivity index is 3.09. The van der Waals surface area contributed by atoms with Gasteiger partial charge in [0, 0.05) is 0 Å². The minimum Gasteiger partial charge on any atom is -0.459 e. The van der Waals surface area contributed by atoms with Crippen LogP contribution in [-0.4, -0.2) is 0 Å². The molecule has 0 bridgehead atoms. The molecule has 0 saturated carbocycles. The lowest BCUT2D eigenvalue weighted by Crippen LogP contribution is -1.93. The van der Waals surface area contributed by atoms with Gasteiger partial charge in [0.05, 0.1) is 11.0 Å². The predicted octanol–water partition coefficient (Wildman–Crippen LogP) is 1.85. The summed E-state index contributed by atoms with van der Waals surface area (Å²) in [6, 6.07) is 3.30. The van der Waals surface area contributed by atoms with Gasteiger partial charge < -0.3 is 4.42 Å². The molecule has 0 N–H and O–H groups in total. The number of rotatable bonds is 0. The van der Waals surface area contributed by atoms with E-state index in [0.29, 0.717) is 5.58 Å². The van der Waals surface area contributed by atoms with E-state index in [1.165, 1.54) is 23.7 Å². The summed E-state index contributed by atoms with van der Waals surface area (Å²) in [5.41, 5.74) is 0.422. The Labute approximate surface area is 60.7 Å². The standard InChI is InChI=1S/C7H4O2S/c8-5-2-4-10-6-1-3-9-7(5)6/h1-4H. The van der Waals surface area contributed by atoms with Crippen LogP contribution in [0.1, 0.15) is 0 Å². The molecule has 0 aliphatic carbocycles. The summed E-state index contributed by atoms with van der Waals surface area (Å²) in [6.07, 6.45) is 1.53. The number of hydrogen-bond acceptors (Lipinski definition) is 3. The van der Waals surface area contributed by atoms with E-state index in [9.17, 15) is 4.79 Å². The maximum absolute atomic E-state index is 11.0. The molecule has 0 aliphatic rings. The van der Waals surface area contributed by atoms with Gasteiger partial charge in [0.2, 0.25) is 5.43 Å². The second-order valence-electron chi connectivity index (χ2n) is 1.90. The quantitative estimate of drug-likeness (QED) is 0.576. The highest BCUT2D eigenvalue weighted by Crippen LogP contribution is 2.14. The van der Waals surface area contributed by atoms with Gasteiger partial charge in [-0.1, -0.05) is 0 Å². The summed E-state index contributed by atoms with van der Waals surface area (Å²) in [6.45, 7) is 0. The maximum Gasteiger partial charge on any atom is 0.223 e. The van der Waals surface area contributed by atoms with Crippen LogP contribution in [0.25, 0.3) is 10.3 Å². The molecule has 0 saturated heterocycles. The van der Waals surface area contributed by atoms with Crippen molar-refractivity contribution < 1.29 is 4.42 Å². The van der Waals surface area contributed by atoms with Gasteiger partial charge >= 0.3 is 0 Å². The van der Waals surface area contributed by atoms with Crippen molar-refractivity contribution in [3.63, 3.8) is 0 Å². The smallest absolute Gasteiger partial charge is 0.223 e. The maximum atomic E-state index is 11.0. The molecule has 50 valence electrons. The zero-order valence-electron chi connectivity index (χ0n) is 5.03. The van der Waals surface area contributed by atoms with Gasteiger partial charge in [-0.25, -0.2) is 0 Å². The van der Waals surface area contributed by atoms with E-state index in [-0.39, 0.29) is 5.43 Å². The van der Waals surface area contributed by atoms with Crippen LogP contribution in [0.15, 0.2) is 33.0 Å². The summed E-state index contributed by atoms with van der Waals surface area (Å²) in [5, 5.41) is 1.76. The third kappa shape index (κ3) is 0.675. The van der Waals surface area contributed by atoms with Crippen molar-refractivity contribution in [3.05, 3.63) is 34.0 Å². The first-order valence-corrected chi connectivity index (χ1v) is 3.71. The van der Waals surface area contributed by atoms with E-state index < -0.39 is 0 Å². The largest absolute Gasteiger partial charge is 0.459 e. The first-order valence-electron chi connectivity index (χ1n) is 2.83. The molecule has 2 aromatic heterocycles. The zero-order chi connectivity index (χ0) is 6.97. The molecule has 0 amide bonds. The molecule has 0 radical (unpaired) electrons. The van der Waals surface area contributed by atoms with Crippen LogP contribution in [0.4, 0.5) is 0 Å². The highest BCUT2D eigenvalue weighted by atomic mass is 32.1. The van der Waals surface area contributed by atoms with Crippen LogP contribution in [0, 0.1) is 0 Å². The lowest BCUT2D eigenvalue weighted by atomic mass is 10.5. The number of hydrogen-bond donors (Lipinski definition) is 0. The van der Waals surface area contributed by atoms with Crippen LogP contribution in [0.3, 0.4) is 0 Å². The Kier molecular flexibility index (Phi) is 1.11. The Morgan fingerprint density at radius 2 is 2.30 bits per heavy atom. The molecular weight excluding hydrogens is 148 g/mol. The molecule has 0 atom stereocenters. The van der Waals surface area contributed by atoms with Gasteiger partial charge in [-0.2, -0.15) is 0 Å². The molecule has 0 aliphatic heterocycles. The Morgan fingerprint density at radius 1 is 1.40 bits per heavy atom. The molecule has 2 heterocycles. The van der Waals surface area contributed by atoms with Crippen molar-refractivity contribution >= 4 is 21.6 Å². The third-order valence-electron chi connectivity index (χ3n) is 1.27. The minimum atomic E-state index is -0.0428. The zero-order valence-corrected chi connectivity index (χ0v) is 5.85. The molecule has 10 heavy (non-hydrogen) atoms. The molecule has 2 nitrogen and oxygen atoms in total. The highest BCUT2D eigenvalue weighted by molar-refractivity contribution is 7.16. The fourth-order valence-corrected chi connectivity index (χ4v) is 1.54. The number of fused-ring (bicyclic) bond motifs is 1. The second kappa shape index (κ2) is 1.95. The average Bonchev–Trinajstić information content (AvgIpc) is 2.36. The van der Waals surface area contributed by atoms with E-state index in [2.05, 4.69) is 0 Å². The molecule has 0 aromatic carbocycles. The normalized spacial score (nSPS) is 10.4. The van der Waals surface area contributed by atoms with E-state index in [1.807, 2.05) is 0 Å². The van der Waals surface area contributed by atoms with Crippen LogP contribution >= 0.6 is 11.3 Å². The van der Waals surface area contributed by atoms with Crippen LogP contribution < -0.4 is 5.43 Å². The highest BCUT2D eigenvalue weighted by Gasteiger charge is 1.98. The van der Waals surface area contributed by atoms with Crippen LogP contribution in [0.5, 0.6) is 0 Å². The van der Waals surface area contributed by atoms with Crippen molar-refractivity contribution in [2.45, 2.75) is 0 Å². The van der Waals surface area contributed by atoms with Crippen molar-refractivity contribution in [1.82, 2.24) is 0 Å². The lowest BCUT2D eigenvalue weighted by Gasteiger charge is -1.80. The molecule has 3 heteroatoms. The third-order valence-corrected chi connectivity index (χ3v) is 2.11. The Hall–Kier alpha value is -1.09. The first kappa shape index (κ1) is 5.68. The van der Waals surface area contributed by atoms with E-state index in [1.54, 1.807) is 11.4 Å². The Bertz CT molecular complexity index is 399. The van der Waals surface area contributed by atoms with Crippen molar-refractivity contribution in [3.8, 4) is 0 Å². The van der Waals surface area contributed by atoms with Crippen molar-refractivity contribution in [1.29, 1.82) is 0 Å². The molecule has 2 aromatic rings. The van der Waals surface area contributed by atoms with Gasteiger partial charge in [0.25, 0.3) is 0 Å². The van der Waals surface area contributed by atoms with Gasteiger partial charge in [0.15, 0.2) is 5.58 Å². The SMILES string of the molecule is O=c1ccsc2ccoc12. The summed E-state index contributed by atoms with van der Waals surface area (Å²) >= 11 is 1.50. The molecule has 2 rings (SSSR count). The molecular formula is C7H4O2S. The van der Waals surface area contributed by atoms with Gasteiger partial charge in [-0.05, 0) is 17.5 Å². The van der Waals surface area contributed by atoms with Crippen molar-refractivity contribution in [2.24, 2.45) is 0 Å². The van der Waals surface area contributed by atoms with Gasteiger partial charge in [0.1, 0.15) is 0 Å². The second-order valence-corrected chi connectivity index (χ2v) is 2.85. The summed E-state index contributed by atoms with van der Waals surface area (Å²) in [5.74, 6) is 0. The molecule has 0 spiro atoms. The summed E-state index contributed by atoms with van der Waals surface area (Å²) in [7, 11) is 0. The van der Waals surface area contributed by atoms with Gasteiger partial charge in [-0.3, -0.25) is 4.79 Å². The monoisotopic (exact) mass is 152 g/mol. The Morgan fingerprint density at radius 3 is 3.10 bits per heavy atom. The van der Waals surface area contributed by atoms with E-state index >= 15 is 0 Å². The topological polar surface area (TPSA) is 30.2 Å². The van der Waals surface area contributed by atoms with E-state index in [4.69, 9.17) is 4.42 Å². The minimum absolute atomic E-state index is 0.0428. The van der Waals surface area contributed by atoms with Crippen LogP contribution in [0.2, 0.25) is 0 Å². The average molecular weight is 152 g/mol. The fraction of sp³-hybridized carbons (Fsp3) is 0. The fourth-order valence-electron chi connectivity index (χ4n) is 0.815. The first-order chi connectivity index (χ1) is 4.88. The van der Waals surface area contributed by atoms with Crippen LogP contribution in [-0.2, 0) is 0 Å². The van der Waals surface area contributed by atoms with Gasteiger partial charge in [-0.15, -0.1) is 11.3 Å². The molecule has 0 fully saturated rings. The summed E-state index contributed by atoms with van der Waals surface area (Å²) < 4.78 is 5.86. The van der Waals surface area contributed by atoms with Crippen molar-refractivity contribution in [2.75, 3.05) is 0 Å².